The number of aryl methyl sites for hydroxylation is 2. The summed E-state index contributed by atoms with van der Waals surface area (Å²) in [5.74, 6) is 1.05. The lowest BCUT2D eigenvalue weighted by Gasteiger charge is -2.08. The third kappa shape index (κ3) is 8.63. The lowest BCUT2D eigenvalue weighted by molar-refractivity contribution is 0.300. The number of nitrogens with one attached hydrogen (secondary N) is 2. The fourth-order valence-electron chi connectivity index (χ4n) is 3.28. The molecule has 1 aromatic carbocycles. The van der Waals surface area contributed by atoms with E-state index in [0.717, 1.165) is 56.8 Å². The number of imidazole rings is 1. The Labute approximate surface area is 179 Å². The number of nitrogens with two attached hydrogens (primary N) is 2. The van der Waals surface area contributed by atoms with Gasteiger partial charge in [0.15, 0.2) is 5.96 Å². The van der Waals surface area contributed by atoms with Crippen molar-refractivity contribution in [2.45, 2.75) is 58.0 Å². The Morgan fingerprint density at radius 2 is 1.53 bits per heavy atom. The SMILES string of the molecule is CNc1ccc(OCCCn2ccn(CCCCCCCCN=C(N)N)c2=N)cc1. The van der Waals surface area contributed by atoms with Crippen LogP contribution in [0, 0.1) is 5.41 Å². The highest BCUT2D eigenvalue weighted by Crippen LogP contribution is 2.15. The largest absolute Gasteiger partial charge is 0.494 e. The number of benzene rings is 1. The minimum absolute atomic E-state index is 0.178. The van der Waals surface area contributed by atoms with Crippen LogP contribution in [-0.2, 0) is 13.1 Å². The van der Waals surface area contributed by atoms with Crippen LogP contribution < -0.4 is 27.1 Å². The van der Waals surface area contributed by atoms with Crippen molar-refractivity contribution in [3.05, 3.63) is 42.3 Å². The predicted octanol–water partition coefficient (Wildman–Crippen LogP) is 2.89. The first-order valence-corrected chi connectivity index (χ1v) is 10.9. The highest BCUT2D eigenvalue weighted by atomic mass is 16.5. The van der Waals surface area contributed by atoms with Crippen LogP contribution in [0.2, 0.25) is 0 Å². The lowest BCUT2D eigenvalue weighted by Crippen LogP contribution is -2.25. The zero-order valence-corrected chi connectivity index (χ0v) is 18.1. The van der Waals surface area contributed by atoms with Crippen molar-refractivity contribution in [3.8, 4) is 5.75 Å². The third-order valence-electron chi connectivity index (χ3n) is 5.03. The molecule has 0 bridgehead atoms. The number of ether oxygens (including phenoxy) is 1. The molecule has 0 unspecified atom stereocenters. The van der Waals surface area contributed by atoms with Crippen LogP contribution in [0.15, 0.2) is 41.7 Å². The van der Waals surface area contributed by atoms with Gasteiger partial charge in [-0.25, -0.2) is 0 Å². The molecule has 0 aliphatic rings. The summed E-state index contributed by atoms with van der Waals surface area (Å²) in [6.45, 7) is 3.05. The summed E-state index contributed by atoms with van der Waals surface area (Å²) in [6, 6.07) is 7.93. The molecule has 1 aromatic heterocycles. The van der Waals surface area contributed by atoms with E-state index in [0.29, 0.717) is 12.2 Å². The molecule has 0 spiro atoms. The van der Waals surface area contributed by atoms with Crippen LogP contribution in [0.5, 0.6) is 5.75 Å². The molecule has 0 fully saturated rings. The molecule has 2 aromatic rings. The van der Waals surface area contributed by atoms with E-state index in [1.165, 1.54) is 19.3 Å². The maximum Gasteiger partial charge on any atom is 0.202 e. The highest BCUT2D eigenvalue weighted by molar-refractivity contribution is 5.75. The Hall–Kier alpha value is -2.90. The molecule has 0 aliphatic carbocycles. The van der Waals surface area contributed by atoms with Gasteiger partial charge in [0.25, 0.3) is 0 Å². The fraction of sp³-hybridized carbons (Fsp3) is 0.545. The molecule has 30 heavy (non-hydrogen) atoms. The van der Waals surface area contributed by atoms with Gasteiger partial charge in [-0.05, 0) is 43.5 Å². The third-order valence-corrected chi connectivity index (χ3v) is 5.03. The van der Waals surface area contributed by atoms with E-state index < -0.39 is 0 Å². The Morgan fingerprint density at radius 1 is 0.933 bits per heavy atom. The van der Waals surface area contributed by atoms with Crippen LogP contribution in [0.1, 0.15) is 44.9 Å². The second-order valence-corrected chi connectivity index (χ2v) is 7.41. The molecule has 8 heteroatoms. The van der Waals surface area contributed by atoms with Gasteiger partial charge in [-0.3, -0.25) is 10.4 Å². The molecular formula is C22H37N7O. The van der Waals surface area contributed by atoms with Crippen molar-refractivity contribution in [1.29, 1.82) is 5.41 Å². The van der Waals surface area contributed by atoms with Gasteiger partial charge in [0.2, 0.25) is 5.62 Å². The van der Waals surface area contributed by atoms with Gasteiger partial charge in [0, 0.05) is 44.8 Å². The maximum absolute atomic E-state index is 8.34. The Balaban J connectivity index is 1.57. The van der Waals surface area contributed by atoms with Crippen LogP contribution in [0.25, 0.3) is 0 Å². The number of aromatic nitrogens is 2. The van der Waals surface area contributed by atoms with E-state index in [2.05, 4.69) is 10.3 Å². The average molecular weight is 416 g/mol. The van der Waals surface area contributed by atoms with E-state index in [9.17, 15) is 0 Å². The molecule has 1 heterocycles. The van der Waals surface area contributed by atoms with E-state index >= 15 is 0 Å². The summed E-state index contributed by atoms with van der Waals surface area (Å²) in [6.07, 6.45) is 11.8. The molecule has 0 saturated carbocycles. The zero-order valence-electron chi connectivity index (χ0n) is 18.1. The summed E-state index contributed by atoms with van der Waals surface area (Å²) in [5, 5.41) is 11.4. The van der Waals surface area contributed by atoms with Gasteiger partial charge in [-0.2, -0.15) is 0 Å². The van der Waals surface area contributed by atoms with Gasteiger partial charge < -0.3 is 30.7 Å². The first kappa shape index (κ1) is 23.4. The maximum atomic E-state index is 8.34. The van der Waals surface area contributed by atoms with Crippen molar-refractivity contribution in [3.63, 3.8) is 0 Å². The molecule has 0 amide bonds. The molecule has 6 N–H and O–H groups in total. The monoisotopic (exact) mass is 415 g/mol. The van der Waals surface area contributed by atoms with Gasteiger partial charge in [-0.1, -0.05) is 25.7 Å². The number of anilines is 1. The van der Waals surface area contributed by atoms with Gasteiger partial charge in [0.1, 0.15) is 5.75 Å². The van der Waals surface area contributed by atoms with E-state index in [-0.39, 0.29) is 5.96 Å². The van der Waals surface area contributed by atoms with Crippen LogP contribution >= 0.6 is 0 Å². The quantitative estimate of drug-likeness (QED) is 0.203. The number of hydrogen-bond acceptors (Lipinski definition) is 4. The lowest BCUT2D eigenvalue weighted by atomic mass is 10.1. The summed E-state index contributed by atoms with van der Waals surface area (Å²) in [5.41, 5.74) is 12.2. The molecule has 0 atom stereocenters. The van der Waals surface area contributed by atoms with Crippen molar-refractivity contribution in [2.24, 2.45) is 16.5 Å². The topological polar surface area (TPSA) is 119 Å². The number of rotatable bonds is 15. The minimum atomic E-state index is 0.178. The van der Waals surface area contributed by atoms with Crippen molar-refractivity contribution in [1.82, 2.24) is 9.13 Å². The van der Waals surface area contributed by atoms with E-state index in [4.69, 9.17) is 21.6 Å². The molecule has 0 saturated heterocycles. The Bertz CT molecular complexity index is 804. The van der Waals surface area contributed by atoms with Crippen LogP contribution in [-0.4, -0.2) is 35.3 Å². The fourth-order valence-corrected chi connectivity index (χ4v) is 3.28. The van der Waals surface area contributed by atoms with Gasteiger partial charge in [-0.15, -0.1) is 0 Å². The average Bonchev–Trinajstić information content (AvgIpc) is 3.09. The first-order valence-electron chi connectivity index (χ1n) is 10.9. The summed E-state index contributed by atoms with van der Waals surface area (Å²) >= 11 is 0. The predicted molar refractivity (Wildman–Crippen MR) is 123 cm³/mol. The second-order valence-electron chi connectivity index (χ2n) is 7.41. The number of unbranched alkanes of at least 4 members (excludes halogenated alkanes) is 5. The first-order chi connectivity index (χ1) is 14.6. The zero-order chi connectivity index (χ0) is 21.6. The normalized spacial score (nSPS) is 10.7. The van der Waals surface area contributed by atoms with Crippen molar-refractivity contribution < 1.29 is 4.74 Å². The number of guanidine groups is 1. The van der Waals surface area contributed by atoms with Gasteiger partial charge in [0.05, 0.1) is 6.61 Å². The minimum Gasteiger partial charge on any atom is -0.494 e. The Kier molecular flexibility index (Phi) is 10.4. The number of nitrogens with zero attached hydrogens (tertiary/aromatic N) is 3. The van der Waals surface area contributed by atoms with Crippen LogP contribution in [0.3, 0.4) is 0 Å². The molecule has 2 rings (SSSR count). The summed E-state index contributed by atoms with van der Waals surface area (Å²) < 4.78 is 9.79. The van der Waals surface area contributed by atoms with E-state index in [1.807, 2.05) is 52.8 Å². The van der Waals surface area contributed by atoms with Gasteiger partial charge >= 0.3 is 0 Å². The molecule has 8 nitrogen and oxygen atoms in total. The second kappa shape index (κ2) is 13.3. The standard InChI is InChI=1S/C22H37N7O/c1-26-19-9-11-20(12-10-19)30-18-8-15-29-17-16-28(22(29)25)14-7-5-3-2-4-6-13-27-21(23)24/h9-12,16-17,25-26H,2-8,13-15,18H2,1H3,(H4,23,24,27). The van der Waals surface area contributed by atoms with Crippen molar-refractivity contribution in [2.75, 3.05) is 25.5 Å². The Morgan fingerprint density at radius 3 is 2.17 bits per heavy atom. The molecular weight excluding hydrogens is 378 g/mol. The molecule has 0 aliphatic heterocycles. The molecule has 0 radical (unpaired) electrons. The highest BCUT2D eigenvalue weighted by Gasteiger charge is 2.01. The number of hydrogen-bond donors (Lipinski definition) is 4. The summed E-state index contributed by atoms with van der Waals surface area (Å²) in [4.78, 5) is 3.99. The number of aliphatic imine (C=N–C) groups is 1. The smallest absolute Gasteiger partial charge is 0.202 e. The van der Waals surface area contributed by atoms with Crippen molar-refractivity contribution >= 4 is 11.6 Å². The summed E-state index contributed by atoms with van der Waals surface area (Å²) in [7, 11) is 1.90. The molecule has 166 valence electrons. The van der Waals surface area contributed by atoms with E-state index in [1.54, 1.807) is 0 Å². The van der Waals surface area contributed by atoms with Crippen LogP contribution in [0.4, 0.5) is 5.69 Å².